The Morgan fingerprint density at radius 2 is 1.71 bits per heavy atom. The van der Waals surface area contributed by atoms with E-state index in [1.165, 1.54) is 12.8 Å². The van der Waals surface area contributed by atoms with Crippen molar-refractivity contribution in [3.8, 4) is 0 Å². The third-order valence-corrected chi connectivity index (χ3v) is 7.54. The molecular formula is C24H27F3N6O. The molecule has 4 heterocycles. The van der Waals surface area contributed by atoms with Crippen molar-refractivity contribution in [2.45, 2.75) is 82.5 Å². The molecule has 0 N–H and O–H groups in total. The number of hydrogen-bond donors (Lipinski definition) is 0. The molecule has 0 radical (unpaired) electrons. The lowest BCUT2D eigenvalue weighted by Gasteiger charge is -2.36. The lowest BCUT2D eigenvalue weighted by molar-refractivity contribution is -0.197. The summed E-state index contributed by atoms with van der Waals surface area (Å²) in [5.41, 5.74) is 4.18. The number of aromatic nitrogens is 6. The summed E-state index contributed by atoms with van der Waals surface area (Å²) in [6.45, 7) is 4.29. The van der Waals surface area contributed by atoms with Gasteiger partial charge in [0.25, 0.3) is 0 Å². The van der Waals surface area contributed by atoms with Gasteiger partial charge in [0.15, 0.2) is 5.65 Å². The average molecular weight is 473 g/mol. The topological polar surface area (TPSA) is 78.6 Å². The maximum atomic E-state index is 13.2. The molecule has 0 spiro atoms. The number of alkyl halides is 3. The molecule has 3 aromatic heterocycles. The smallest absolute Gasteiger partial charge is 0.373 e. The highest BCUT2D eigenvalue weighted by Crippen LogP contribution is 2.50. The van der Waals surface area contributed by atoms with E-state index < -0.39 is 12.1 Å². The molecule has 0 aromatic carbocycles. The molecule has 3 aliphatic rings. The van der Waals surface area contributed by atoms with Crippen LogP contribution in [0.4, 0.5) is 13.2 Å². The first-order valence-corrected chi connectivity index (χ1v) is 12.0. The minimum absolute atomic E-state index is 0.0353. The molecule has 2 saturated carbocycles. The Balaban J connectivity index is 1.32. The van der Waals surface area contributed by atoms with E-state index in [4.69, 9.17) is 14.7 Å². The minimum atomic E-state index is -4.17. The zero-order valence-corrected chi connectivity index (χ0v) is 19.2. The van der Waals surface area contributed by atoms with E-state index in [1.54, 1.807) is 0 Å². The van der Waals surface area contributed by atoms with Crippen molar-refractivity contribution in [2.24, 2.45) is 5.92 Å². The zero-order valence-electron chi connectivity index (χ0n) is 19.2. The molecule has 10 heteroatoms. The van der Waals surface area contributed by atoms with Gasteiger partial charge < -0.3 is 4.74 Å². The van der Waals surface area contributed by atoms with E-state index >= 15 is 0 Å². The molecule has 34 heavy (non-hydrogen) atoms. The number of fused-ring (bicyclic) bond motifs is 1. The molecule has 1 aliphatic heterocycles. The number of ether oxygens (including phenoxy) is 1. The lowest BCUT2D eigenvalue weighted by atomic mass is 9.72. The van der Waals surface area contributed by atoms with Crippen LogP contribution in [0, 0.1) is 19.8 Å². The fourth-order valence-electron chi connectivity index (χ4n) is 5.05. The maximum absolute atomic E-state index is 13.2. The summed E-state index contributed by atoms with van der Waals surface area (Å²) in [5, 5.41) is 4.49. The molecule has 6 rings (SSSR count). The summed E-state index contributed by atoms with van der Waals surface area (Å²) in [4.78, 5) is 18.9. The number of aryl methyl sites for hydroxylation is 2. The fraction of sp³-hybridized carbons (Fsp3) is 0.625. The van der Waals surface area contributed by atoms with Gasteiger partial charge in [0.05, 0.1) is 41.3 Å². The van der Waals surface area contributed by atoms with E-state index in [0.717, 1.165) is 23.4 Å². The Hall–Kier alpha value is -2.62. The molecule has 2 atom stereocenters. The summed E-state index contributed by atoms with van der Waals surface area (Å²) >= 11 is 0. The number of nitrogens with zero attached hydrogens (tertiary/aromatic N) is 6. The first-order chi connectivity index (χ1) is 16.3. The number of hydrogen-bond acceptors (Lipinski definition) is 6. The van der Waals surface area contributed by atoms with Crippen LogP contribution >= 0.6 is 0 Å². The van der Waals surface area contributed by atoms with Gasteiger partial charge in [0.1, 0.15) is 11.3 Å². The van der Waals surface area contributed by atoms with E-state index in [2.05, 4.69) is 21.3 Å². The summed E-state index contributed by atoms with van der Waals surface area (Å²) in [7, 11) is 0. The van der Waals surface area contributed by atoms with Gasteiger partial charge in [-0.15, -0.1) is 0 Å². The van der Waals surface area contributed by atoms with Crippen LogP contribution < -0.4 is 0 Å². The van der Waals surface area contributed by atoms with Crippen molar-refractivity contribution < 1.29 is 17.9 Å². The number of rotatable bonds is 4. The molecular weight excluding hydrogens is 445 g/mol. The highest BCUT2D eigenvalue weighted by molar-refractivity contribution is 5.73. The van der Waals surface area contributed by atoms with E-state index in [1.807, 2.05) is 24.7 Å². The van der Waals surface area contributed by atoms with Gasteiger partial charge in [-0.3, -0.25) is 4.68 Å². The first kappa shape index (κ1) is 21.9. The van der Waals surface area contributed by atoms with E-state index in [-0.39, 0.29) is 30.8 Å². The van der Waals surface area contributed by atoms with Crippen LogP contribution in [0.1, 0.15) is 91.0 Å². The van der Waals surface area contributed by atoms with Crippen molar-refractivity contribution in [3.63, 3.8) is 0 Å². The van der Waals surface area contributed by atoms with Crippen molar-refractivity contribution in [1.82, 2.24) is 29.7 Å². The minimum Gasteiger partial charge on any atom is -0.373 e. The van der Waals surface area contributed by atoms with Crippen LogP contribution in [0.2, 0.25) is 0 Å². The van der Waals surface area contributed by atoms with Gasteiger partial charge in [-0.05, 0) is 52.4 Å². The van der Waals surface area contributed by atoms with E-state index in [0.29, 0.717) is 41.8 Å². The van der Waals surface area contributed by atoms with Gasteiger partial charge in [0, 0.05) is 30.2 Å². The second kappa shape index (κ2) is 7.96. The molecule has 3 fully saturated rings. The Labute approximate surface area is 195 Å². The zero-order chi connectivity index (χ0) is 23.6. The summed E-state index contributed by atoms with van der Waals surface area (Å²) in [6.07, 6.45) is 3.56. The van der Waals surface area contributed by atoms with E-state index in [9.17, 15) is 13.2 Å². The predicted molar refractivity (Wildman–Crippen MR) is 117 cm³/mol. The van der Waals surface area contributed by atoms with Crippen molar-refractivity contribution in [3.05, 3.63) is 40.9 Å². The maximum Gasteiger partial charge on any atom is 0.391 e. The highest BCUT2D eigenvalue weighted by Gasteiger charge is 2.49. The first-order valence-electron chi connectivity index (χ1n) is 12.0. The molecule has 0 bridgehead atoms. The van der Waals surface area contributed by atoms with Crippen LogP contribution in [-0.4, -0.2) is 42.5 Å². The Bertz CT molecular complexity index is 1230. The molecule has 0 unspecified atom stereocenters. The molecule has 7 nitrogen and oxygen atoms in total. The molecule has 180 valence electrons. The lowest BCUT2D eigenvalue weighted by Crippen LogP contribution is -2.35. The number of halogens is 3. The van der Waals surface area contributed by atoms with Crippen LogP contribution in [0.5, 0.6) is 0 Å². The third-order valence-electron chi connectivity index (χ3n) is 7.54. The van der Waals surface area contributed by atoms with Gasteiger partial charge in [-0.2, -0.15) is 18.3 Å². The second-order valence-electron chi connectivity index (χ2n) is 10.0. The molecule has 1 saturated heterocycles. The highest BCUT2D eigenvalue weighted by atomic mass is 19.4. The standard InChI is InChI=1S/C24H27F3N6O/c1-12-13(2)30-23-21(29-12)20(15-7-17(8-15)24(25,26)27)31-22(32-23)14-5-6-34-19(9-14)16-10-28-33(11-16)18-3-4-18/h10-11,14-15,17-19H,3-9H2,1-2H3/t14-,15?,17?,19-/m1/s1. The monoisotopic (exact) mass is 472 g/mol. The second-order valence-corrected chi connectivity index (χ2v) is 10.0. The Kier molecular flexibility index (Phi) is 5.13. The summed E-state index contributed by atoms with van der Waals surface area (Å²) in [6, 6.07) is 0.507. The average Bonchev–Trinajstić information content (AvgIpc) is 3.49. The van der Waals surface area contributed by atoms with Gasteiger partial charge in [-0.1, -0.05) is 0 Å². The van der Waals surface area contributed by atoms with Crippen molar-refractivity contribution >= 4 is 11.2 Å². The SMILES string of the molecule is Cc1nc2nc([C@@H]3CCO[C@@H](c4cnn(C5CC5)c4)C3)nc(C3CC(C(F)(F)F)C3)c2nc1C. The summed E-state index contributed by atoms with van der Waals surface area (Å²) < 4.78 is 47.6. The van der Waals surface area contributed by atoms with Crippen LogP contribution in [0.25, 0.3) is 11.2 Å². The predicted octanol–water partition coefficient (Wildman–Crippen LogP) is 5.26. The fourth-order valence-corrected chi connectivity index (χ4v) is 5.05. The quantitative estimate of drug-likeness (QED) is 0.516. The van der Waals surface area contributed by atoms with Gasteiger partial charge in [0.2, 0.25) is 0 Å². The largest absolute Gasteiger partial charge is 0.391 e. The molecule has 2 aliphatic carbocycles. The summed E-state index contributed by atoms with van der Waals surface area (Å²) in [5.74, 6) is -0.882. The van der Waals surface area contributed by atoms with Crippen LogP contribution in [-0.2, 0) is 4.74 Å². The van der Waals surface area contributed by atoms with Gasteiger partial charge in [-0.25, -0.2) is 19.9 Å². The Morgan fingerprint density at radius 1 is 0.941 bits per heavy atom. The Morgan fingerprint density at radius 3 is 2.44 bits per heavy atom. The normalized spacial score (nSPS) is 27.7. The van der Waals surface area contributed by atoms with Crippen LogP contribution in [0.3, 0.4) is 0 Å². The van der Waals surface area contributed by atoms with Crippen LogP contribution in [0.15, 0.2) is 12.4 Å². The van der Waals surface area contributed by atoms with Crippen molar-refractivity contribution in [2.75, 3.05) is 6.61 Å². The van der Waals surface area contributed by atoms with Gasteiger partial charge >= 0.3 is 6.18 Å². The molecule has 0 amide bonds. The third kappa shape index (κ3) is 3.95. The van der Waals surface area contributed by atoms with Crippen molar-refractivity contribution in [1.29, 1.82) is 0 Å². The molecule has 3 aromatic rings.